The topological polar surface area (TPSA) is 31.7 Å². The zero-order chi connectivity index (χ0) is 24.9. The van der Waals surface area contributed by atoms with Gasteiger partial charge in [-0.05, 0) is 60.2 Å². The van der Waals surface area contributed by atoms with Crippen molar-refractivity contribution in [3.63, 3.8) is 0 Å². The van der Waals surface area contributed by atoms with Crippen LogP contribution in [0.25, 0.3) is 5.57 Å². The lowest BCUT2D eigenvalue weighted by molar-refractivity contribution is 0.159. The van der Waals surface area contributed by atoms with Gasteiger partial charge < -0.3 is 4.90 Å². The summed E-state index contributed by atoms with van der Waals surface area (Å²) < 4.78 is 0. The van der Waals surface area contributed by atoms with Crippen molar-refractivity contribution in [2.45, 2.75) is 32.6 Å². The Kier molecular flexibility index (Phi) is 7.43. The molecule has 36 heavy (non-hydrogen) atoms. The minimum Gasteiger partial charge on any atom is -0.355 e. The number of aliphatic imine (C=N–C) groups is 1. The van der Waals surface area contributed by atoms with Gasteiger partial charge in [0.15, 0.2) is 0 Å². The van der Waals surface area contributed by atoms with Gasteiger partial charge in [-0.3, -0.25) is 9.88 Å². The van der Waals surface area contributed by atoms with E-state index in [1.165, 1.54) is 33.4 Å². The fourth-order valence-electron chi connectivity index (χ4n) is 5.33. The summed E-state index contributed by atoms with van der Waals surface area (Å²) >= 11 is 0. The Labute approximate surface area is 215 Å². The summed E-state index contributed by atoms with van der Waals surface area (Å²) in [6.45, 7) is 13.7. The molecule has 0 amide bonds. The van der Waals surface area contributed by atoms with Crippen LogP contribution in [0.15, 0.2) is 95.9 Å². The predicted octanol–water partition coefficient (Wildman–Crippen LogP) is 6.10. The van der Waals surface area contributed by atoms with Gasteiger partial charge in [0.1, 0.15) is 5.82 Å². The molecule has 184 valence electrons. The van der Waals surface area contributed by atoms with Crippen LogP contribution in [0.1, 0.15) is 47.2 Å². The number of piperazine rings is 1. The molecule has 2 aromatic carbocycles. The molecule has 1 fully saturated rings. The quantitative estimate of drug-likeness (QED) is 0.386. The van der Waals surface area contributed by atoms with Crippen molar-refractivity contribution in [2.24, 2.45) is 4.99 Å². The van der Waals surface area contributed by atoms with E-state index >= 15 is 0 Å². The van der Waals surface area contributed by atoms with E-state index < -0.39 is 0 Å². The summed E-state index contributed by atoms with van der Waals surface area (Å²) in [7, 11) is 0. The molecule has 2 aliphatic rings. The summed E-state index contributed by atoms with van der Waals surface area (Å²) in [5.74, 6) is 1.22. The van der Waals surface area contributed by atoms with Gasteiger partial charge in [0.25, 0.3) is 0 Å². The lowest BCUT2D eigenvalue weighted by Crippen LogP contribution is -2.46. The summed E-state index contributed by atoms with van der Waals surface area (Å²) in [5, 5.41) is 0. The fourth-order valence-corrected chi connectivity index (χ4v) is 5.33. The second-order valence-electron chi connectivity index (χ2n) is 9.98. The van der Waals surface area contributed by atoms with Crippen molar-refractivity contribution in [1.29, 1.82) is 0 Å². The van der Waals surface area contributed by atoms with Gasteiger partial charge in [-0.1, -0.05) is 66.7 Å². The number of hydrogen-bond acceptors (Lipinski definition) is 4. The Morgan fingerprint density at radius 3 is 2.47 bits per heavy atom. The van der Waals surface area contributed by atoms with Gasteiger partial charge in [-0.2, -0.15) is 0 Å². The van der Waals surface area contributed by atoms with E-state index in [1.807, 2.05) is 12.3 Å². The van der Waals surface area contributed by atoms with Crippen molar-refractivity contribution >= 4 is 11.8 Å². The first-order valence-electron chi connectivity index (χ1n) is 13.0. The summed E-state index contributed by atoms with van der Waals surface area (Å²) in [6.07, 6.45) is 5.91. The standard InChI is InChI=1S/C32H36N4/c1-24-11-13-27(14-12-24)32-22-28(25(2)30-9-4-5-10-31(30)32)23-34-26(3)36-20-18-35(19-21-36)17-15-29-8-6-7-16-33-29/h4-14,16,23,32H,3,15,17-22H2,1-2H3/b34-23-. The third-order valence-corrected chi connectivity index (χ3v) is 7.64. The number of hydrogen-bond donors (Lipinski definition) is 0. The number of nitrogens with zero attached hydrogens (tertiary/aromatic N) is 4. The Hall–Kier alpha value is -3.50. The van der Waals surface area contributed by atoms with E-state index in [1.54, 1.807) is 0 Å². The van der Waals surface area contributed by atoms with Crippen LogP contribution in [0.5, 0.6) is 0 Å². The smallest absolute Gasteiger partial charge is 0.121 e. The molecule has 1 saturated heterocycles. The van der Waals surface area contributed by atoms with Crippen molar-refractivity contribution in [3.05, 3.63) is 119 Å². The summed E-state index contributed by atoms with van der Waals surface area (Å²) in [4.78, 5) is 14.2. The molecule has 1 aliphatic heterocycles. The molecular formula is C32H36N4. The zero-order valence-electron chi connectivity index (χ0n) is 21.5. The molecule has 0 radical (unpaired) electrons. The number of fused-ring (bicyclic) bond motifs is 1. The lowest BCUT2D eigenvalue weighted by atomic mass is 9.76. The van der Waals surface area contributed by atoms with Gasteiger partial charge in [-0.15, -0.1) is 0 Å². The molecule has 0 saturated carbocycles. The Balaban J connectivity index is 1.23. The van der Waals surface area contributed by atoms with E-state index in [4.69, 9.17) is 4.99 Å². The molecule has 2 heterocycles. The van der Waals surface area contributed by atoms with Crippen LogP contribution in [-0.4, -0.2) is 53.7 Å². The zero-order valence-corrected chi connectivity index (χ0v) is 21.5. The Bertz CT molecular complexity index is 1250. The average Bonchev–Trinajstić information content (AvgIpc) is 2.93. The molecular weight excluding hydrogens is 440 g/mol. The second kappa shape index (κ2) is 11.0. The normalized spacial score (nSPS) is 18.5. The van der Waals surface area contributed by atoms with Crippen LogP contribution in [0.3, 0.4) is 0 Å². The highest BCUT2D eigenvalue weighted by atomic mass is 15.3. The molecule has 1 atom stereocenters. The van der Waals surface area contributed by atoms with Crippen LogP contribution >= 0.6 is 0 Å². The second-order valence-corrected chi connectivity index (χ2v) is 9.98. The minimum atomic E-state index is 0.350. The van der Waals surface area contributed by atoms with E-state index in [0.29, 0.717) is 5.92 Å². The average molecular weight is 477 g/mol. The SMILES string of the molecule is C=C(/N=C\C1=C(C)c2ccccc2C(c2ccc(C)cc2)C1)N1CCN(CCc2ccccn2)CC1. The first kappa shape index (κ1) is 24.2. The molecule has 4 heteroatoms. The van der Waals surface area contributed by atoms with Crippen LogP contribution < -0.4 is 0 Å². The lowest BCUT2D eigenvalue weighted by Gasteiger charge is -2.35. The molecule has 0 N–H and O–H groups in total. The highest BCUT2D eigenvalue weighted by molar-refractivity contribution is 5.93. The first-order valence-corrected chi connectivity index (χ1v) is 13.0. The van der Waals surface area contributed by atoms with E-state index in [2.05, 4.69) is 102 Å². The molecule has 4 nitrogen and oxygen atoms in total. The molecule has 1 aromatic heterocycles. The number of pyridine rings is 1. The maximum Gasteiger partial charge on any atom is 0.121 e. The van der Waals surface area contributed by atoms with Crippen LogP contribution in [0, 0.1) is 6.92 Å². The molecule has 0 spiro atoms. The molecule has 1 unspecified atom stereocenters. The third kappa shape index (κ3) is 5.50. The maximum absolute atomic E-state index is 4.88. The van der Waals surface area contributed by atoms with Crippen LogP contribution in [0.4, 0.5) is 0 Å². The third-order valence-electron chi connectivity index (χ3n) is 7.64. The molecule has 1 aliphatic carbocycles. The molecule has 5 rings (SSSR count). The predicted molar refractivity (Wildman–Crippen MR) is 150 cm³/mol. The van der Waals surface area contributed by atoms with Crippen LogP contribution in [0.2, 0.25) is 0 Å². The van der Waals surface area contributed by atoms with E-state index in [0.717, 1.165) is 57.1 Å². The number of benzene rings is 2. The highest BCUT2D eigenvalue weighted by Gasteiger charge is 2.25. The molecule has 0 bridgehead atoms. The fraction of sp³-hybridized carbons (Fsp3) is 0.312. The summed E-state index contributed by atoms with van der Waals surface area (Å²) in [5.41, 5.74) is 9.20. The first-order chi connectivity index (χ1) is 17.6. The van der Waals surface area contributed by atoms with E-state index in [-0.39, 0.29) is 0 Å². The maximum atomic E-state index is 4.88. The van der Waals surface area contributed by atoms with Crippen molar-refractivity contribution < 1.29 is 0 Å². The Morgan fingerprint density at radius 2 is 1.72 bits per heavy atom. The van der Waals surface area contributed by atoms with Gasteiger partial charge in [-0.25, -0.2) is 4.99 Å². The molecule has 3 aromatic rings. The van der Waals surface area contributed by atoms with Crippen LogP contribution in [-0.2, 0) is 6.42 Å². The van der Waals surface area contributed by atoms with Gasteiger partial charge >= 0.3 is 0 Å². The minimum absolute atomic E-state index is 0.350. The summed E-state index contributed by atoms with van der Waals surface area (Å²) in [6, 6.07) is 24.0. The Morgan fingerprint density at radius 1 is 0.972 bits per heavy atom. The monoisotopic (exact) mass is 476 g/mol. The largest absolute Gasteiger partial charge is 0.355 e. The number of aryl methyl sites for hydroxylation is 1. The van der Waals surface area contributed by atoms with Gasteiger partial charge in [0, 0.05) is 63.2 Å². The van der Waals surface area contributed by atoms with Crippen molar-refractivity contribution in [1.82, 2.24) is 14.8 Å². The van der Waals surface area contributed by atoms with Gasteiger partial charge in [0.05, 0.1) is 0 Å². The van der Waals surface area contributed by atoms with Crippen molar-refractivity contribution in [3.8, 4) is 0 Å². The van der Waals surface area contributed by atoms with Crippen molar-refractivity contribution in [2.75, 3.05) is 32.7 Å². The number of allylic oxidation sites excluding steroid dienone is 2. The van der Waals surface area contributed by atoms with Gasteiger partial charge in [0.2, 0.25) is 0 Å². The number of aromatic nitrogens is 1. The number of rotatable bonds is 7. The van der Waals surface area contributed by atoms with E-state index in [9.17, 15) is 0 Å². The highest BCUT2D eigenvalue weighted by Crippen LogP contribution is 2.41.